The largest absolute Gasteiger partial charge is 0.506 e. The summed E-state index contributed by atoms with van der Waals surface area (Å²) in [6, 6.07) is 1.26. The van der Waals surface area contributed by atoms with E-state index < -0.39 is 52.6 Å². The number of halogens is 6. The maximum atomic E-state index is 14.3. The van der Waals surface area contributed by atoms with Crippen LogP contribution in [0.25, 0.3) is 10.9 Å². The second kappa shape index (κ2) is 7.39. The fraction of sp³-hybridized carbons (Fsp3) is 0.364. The van der Waals surface area contributed by atoms with Crippen LogP contribution >= 0.6 is 11.6 Å². The lowest BCUT2D eigenvalue weighted by molar-refractivity contribution is -0.275. The van der Waals surface area contributed by atoms with Gasteiger partial charge in [0.15, 0.2) is 17.2 Å². The van der Waals surface area contributed by atoms with E-state index in [4.69, 9.17) is 11.6 Å². The molecule has 0 fully saturated rings. The Morgan fingerprint density at radius 1 is 1.21 bits per heavy atom. The average molecular weight is 488 g/mol. The molecule has 1 aliphatic rings. The van der Waals surface area contributed by atoms with E-state index in [1.165, 1.54) is 32.9 Å². The van der Waals surface area contributed by atoms with E-state index in [0.29, 0.717) is 6.07 Å². The zero-order chi connectivity index (χ0) is 24.5. The Balaban J connectivity index is 1.99. The molecule has 1 heterocycles. The number of fused-ring (bicyclic) bond motifs is 2. The summed E-state index contributed by atoms with van der Waals surface area (Å²) in [6.07, 6.45) is -4.79. The van der Waals surface area contributed by atoms with E-state index in [1.807, 2.05) is 0 Å². The third kappa shape index (κ3) is 3.56. The summed E-state index contributed by atoms with van der Waals surface area (Å²) < 4.78 is 71.5. The topological polar surface area (TPSA) is 78.3 Å². The number of aryl methyl sites for hydroxylation is 1. The predicted octanol–water partition coefficient (Wildman–Crippen LogP) is 5.70. The van der Waals surface area contributed by atoms with Gasteiger partial charge >= 0.3 is 6.18 Å². The number of nitrogens with zero attached hydrogens (tertiary/aromatic N) is 2. The molecule has 0 bridgehead atoms. The lowest BCUT2D eigenvalue weighted by atomic mass is 9.63. The molecule has 1 aliphatic carbocycles. The normalized spacial score (nSPS) is 22.3. The molecule has 176 valence electrons. The first-order chi connectivity index (χ1) is 15.2. The minimum absolute atomic E-state index is 0.0693. The van der Waals surface area contributed by atoms with Gasteiger partial charge in [0.1, 0.15) is 17.1 Å². The number of aromatic hydroxyl groups is 1. The molecule has 0 saturated heterocycles. The third-order valence-corrected chi connectivity index (χ3v) is 6.32. The molecule has 3 N–H and O–H groups in total. The van der Waals surface area contributed by atoms with Gasteiger partial charge in [-0.05, 0) is 30.4 Å². The van der Waals surface area contributed by atoms with Crippen LogP contribution in [0.3, 0.4) is 0 Å². The van der Waals surface area contributed by atoms with Crippen LogP contribution in [0.15, 0.2) is 24.4 Å². The van der Waals surface area contributed by atoms with Gasteiger partial charge in [-0.2, -0.15) is 13.2 Å². The first kappa shape index (κ1) is 23.4. The number of aromatic nitrogens is 2. The Bertz CT molecular complexity index is 1280. The number of alkyl halides is 3. The zero-order valence-corrected chi connectivity index (χ0v) is 18.4. The van der Waals surface area contributed by atoms with E-state index in [1.54, 1.807) is 0 Å². The number of rotatable bonds is 2. The lowest BCUT2D eigenvalue weighted by Crippen LogP contribution is -2.58. The number of aliphatic hydroxyl groups is 1. The standard InChI is InChI=1S/C22H19ClF5N3O2/c1-9-29-7-11-14(6-13(24)16(25)17(11)30-9)31-19-10-4-5-12(23)18(32)15(10)20(2,3)8-21(19,33)22(26,27)28/h4-7,19,31-33H,8H2,1-3H3/t19-,21-/m1/s1. The zero-order valence-electron chi connectivity index (χ0n) is 17.7. The predicted molar refractivity (Wildman–Crippen MR) is 112 cm³/mol. The molecule has 0 saturated carbocycles. The van der Waals surface area contributed by atoms with Gasteiger partial charge in [0.2, 0.25) is 0 Å². The summed E-state index contributed by atoms with van der Waals surface area (Å²) in [7, 11) is 0. The molecular formula is C22H19ClF5N3O2. The van der Waals surface area contributed by atoms with Crippen LogP contribution < -0.4 is 5.32 Å². The van der Waals surface area contributed by atoms with Crippen molar-refractivity contribution in [2.75, 3.05) is 5.32 Å². The van der Waals surface area contributed by atoms with Crippen molar-refractivity contribution in [2.24, 2.45) is 0 Å². The molecule has 2 aromatic carbocycles. The molecule has 0 aliphatic heterocycles. The van der Waals surface area contributed by atoms with Crippen LogP contribution in [0, 0.1) is 18.6 Å². The van der Waals surface area contributed by atoms with E-state index in [-0.39, 0.29) is 33.0 Å². The maximum Gasteiger partial charge on any atom is 0.419 e. The molecule has 2 atom stereocenters. The van der Waals surface area contributed by atoms with E-state index in [9.17, 15) is 32.2 Å². The smallest absolute Gasteiger partial charge is 0.419 e. The van der Waals surface area contributed by atoms with Crippen molar-refractivity contribution < 1.29 is 32.2 Å². The van der Waals surface area contributed by atoms with Crippen LogP contribution in [0.2, 0.25) is 5.02 Å². The highest BCUT2D eigenvalue weighted by molar-refractivity contribution is 6.32. The molecule has 0 unspecified atom stereocenters. The minimum atomic E-state index is -5.11. The number of benzene rings is 2. The second-order valence-electron chi connectivity index (χ2n) is 8.82. The number of nitrogens with one attached hydrogen (secondary N) is 1. The van der Waals surface area contributed by atoms with Crippen molar-refractivity contribution in [3.8, 4) is 5.75 Å². The third-order valence-electron chi connectivity index (χ3n) is 6.02. The van der Waals surface area contributed by atoms with Crippen molar-refractivity contribution in [3.05, 3.63) is 58.0 Å². The summed E-state index contributed by atoms with van der Waals surface area (Å²) >= 11 is 6.01. The Morgan fingerprint density at radius 2 is 1.88 bits per heavy atom. The van der Waals surface area contributed by atoms with Gasteiger partial charge in [0.25, 0.3) is 0 Å². The van der Waals surface area contributed by atoms with Crippen molar-refractivity contribution in [1.82, 2.24) is 9.97 Å². The van der Waals surface area contributed by atoms with E-state index in [0.717, 1.165) is 6.20 Å². The van der Waals surface area contributed by atoms with Crippen LogP contribution in [0.4, 0.5) is 27.6 Å². The average Bonchev–Trinajstić information content (AvgIpc) is 2.69. The number of phenolic OH excluding ortho intramolecular Hbond substituents is 1. The van der Waals surface area contributed by atoms with Gasteiger partial charge in [0.05, 0.1) is 11.1 Å². The Labute approximate surface area is 190 Å². The molecule has 0 spiro atoms. The number of anilines is 1. The Morgan fingerprint density at radius 3 is 2.52 bits per heavy atom. The van der Waals surface area contributed by atoms with Crippen molar-refractivity contribution in [3.63, 3.8) is 0 Å². The summed E-state index contributed by atoms with van der Waals surface area (Å²) in [5.41, 5.74) is -5.30. The summed E-state index contributed by atoms with van der Waals surface area (Å²) in [5.74, 6) is -2.89. The molecule has 3 aromatic rings. The molecule has 5 nitrogen and oxygen atoms in total. The lowest BCUT2D eigenvalue weighted by Gasteiger charge is -2.49. The monoisotopic (exact) mass is 487 g/mol. The van der Waals surface area contributed by atoms with Crippen molar-refractivity contribution >= 4 is 28.2 Å². The molecule has 33 heavy (non-hydrogen) atoms. The molecule has 1 aromatic heterocycles. The van der Waals surface area contributed by atoms with Gasteiger partial charge < -0.3 is 15.5 Å². The van der Waals surface area contributed by atoms with Crippen LogP contribution in [0.1, 0.15) is 43.3 Å². The maximum absolute atomic E-state index is 14.3. The summed E-state index contributed by atoms with van der Waals surface area (Å²) in [4.78, 5) is 7.79. The number of hydrogen-bond donors (Lipinski definition) is 3. The van der Waals surface area contributed by atoms with E-state index in [2.05, 4.69) is 15.3 Å². The van der Waals surface area contributed by atoms with Gasteiger partial charge in [-0.1, -0.05) is 31.5 Å². The van der Waals surface area contributed by atoms with Crippen molar-refractivity contribution in [2.45, 2.75) is 50.4 Å². The number of phenols is 1. The van der Waals surface area contributed by atoms with Gasteiger partial charge in [-0.25, -0.2) is 18.7 Å². The summed E-state index contributed by atoms with van der Waals surface area (Å²) in [5, 5.41) is 24.0. The van der Waals surface area contributed by atoms with Crippen LogP contribution in [-0.4, -0.2) is 32.0 Å². The summed E-state index contributed by atoms with van der Waals surface area (Å²) in [6.45, 7) is 4.34. The van der Waals surface area contributed by atoms with Crippen LogP contribution in [-0.2, 0) is 5.41 Å². The van der Waals surface area contributed by atoms with Gasteiger partial charge in [0, 0.05) is 28.9 Å². The molecule has 11 heteroatoms. The quantitative estimate of drug-likeness (QED) is 0.404. The minimum Gasteiger partial charge on any atom is -0.506 e. The second-order valence-corrected chi connectivity index (χ2v) is 9.23. The SMILES string of the molecule is Cc1ncc2c(N[C@@H]3c4ccc(Cl)c(O)c4C(C)(C)C[C@]3(O)C(F)(F)F)cc(F)c(F)c2n1. The first-order valence-corrected chi connectivity index (χ1v) is 10.2. The Hall–Kier alpha value is -2.72. The molecule has 0 amide bonds. The number of hydrogen-bond acceptors (Lipinski definition) is 5. The van der Waals surface area contributed by atoms with Gasteiger partial charge in [-0.15, -0.1) is 0 Å². The van der Waals surface area contributed by atoms with Gasteiger partial charge in [-0.3, -0.25) is 0 Å². The molecule has 4 rings (SSSR count). The fourth-order valence-corrected chi connectivity index (χ4v) is 4.76. The van der Waals surface area contributed by atoms with Crippen LogP contribution in [0.5, 0.6) is 5.75 Å². The fourth-order valence-electron chi connectivity index (χ4n) is 4.61. The molecule has 0 radical (unpaired) electrons. The first-order valence-electron chi connectivity index (χ1n) is 9.86. The van der Waals surface area contributed by atoms with E-state index >= 15 is 0 Å². The highest BCUT2D eigenvalue weighted by atomic mass is 35.5. The molecular weight excluding hydrogens is 469 g/mol. The highest BCUT2D eigenvalue weighted by Crippen LogP contribution is 2.57. The van der Waals surface area contributed by atoms with Crippen molar-refractivity contribution in [1.29, 1.82) is 0 Å². The Kier molecular flexibility index (Phi) is 5.25. The highest BCUT2D eigenvalue weighted by Gasteiger charge is 2.64.